The molecule has 0 spiro atoms. The van der Waals surface area contributed by atoms with Crippen molar-refractivity contribution in [1.82, 2.24) is 0 Å². The van der Waals surface area contributed by atoms with Gasteiger partial charge in [0.25, 0.3) is 26.9 Å². The standard InChI is InChI=1S/C96H60B4N6O3/c1-8-30-61(31-9-1)101(62-32-10-2-11-33-62)68-52-83-92-89(54-68)107-86-50-28-24-46-72(86)99(92)75-56-74-80(58-81(75)103(83)65-38-16-5-17-39-65)104(66-40-18-6-19-41-66)85-60-91-95-96-94(85)97(74)70-44-22-26-48-78(70)106(96)79-49-27-23-45-71(79)98(95)77-57-76-82(59-88(77)109-91)105(67-42-20-7-21-43-67)84-53-69(55-90-93(84)100(76)73-47-25-29-51-87(73)108-90)102(63-34-12-3-13-35-63)64-36-14-4-15-37-64/h1-60H. The van der Waals surface area contributed by atoms with Crippen molar-refractivity contribution >= 4 is 195 Å². The minimum absolute atomic E-state index is 0.202. The van der Waals surface area contributed by atoms with Gasteiger partial charge in [-0.25, -0.2) is 0 Å². The smallest absolute Gasteiger partial charge is 0.256 e. The molecule has 109 heavy (non-hydrogen) atoms. The van der Waals surface area contributed by atoms with Crippen molar-refractivity contribution in [3.05, 3.63) is 364 Å². The maximum atomic E-state index is 8.01. The maximum Gasteiger partial charge on any atom is 0.256 e. The molecule has 0 aliphatic carbocycles. The van der Waals surface area contributed by atoms with Crippen LogP contribution in [0.2, 0.25) is 0 Å². The molecule has 16 aromatic rings. The molecule has 504 valence electrons. The molecule has 0 unspecified atom stereocenters. The minimum Gasteiger partial charge on any atom is -0.458 e. The van der Waals surface area contributed by atoms with Gasteiger partial charge < -0.3 is 43.6 Å². The number of hydrogen-bond donors (Lipinski definition) is 0. The van der Waals surface area contributed by atoms with Crippen molar-refractivity contribution in [3.63, 3.8) is 0 Å². The number of nitrogens with zero attached hydrogens (tertiary/aromatic N) is 6. The lowest BCUT2D eigenvalue weighted by atomic mass is 9.27. The first kappa shape index (κ1) is 60.3. The SMILES string of the molecule is c1ccc(N(c2ccccc2)c2cc3c4c(c2)N(c2ccccc2)c2cc5c(cc2B4c2ccccc2O3)B2c3ccccc3N3c4ccccc4B4c6cc7c(cc6N(c6ccccc6)c6cc(c2c3c64)O5)N(c2ccccc2)c2cc(N(c3ccccc3)c3ccccc3)cc3c2B7c2ccccc2O3)cc1. The fraction of sp³-hybridized carbons (Fsp3) is 0. The maximum absolute atomic E-state index is 8.01. The van der Waals surface area contributed by atoms with E-state index in [1.807, 2.05) is 0 Å². The van der Waals surface area contributed by atoms with Gasteiger partial charge in [-0.15, -0.1) is 0 Å². The van der Waals surface area contributed by atoms with Gasteiger partial charge in [-0.2, -0.15) is 0 Å². The van der Waals surface area contributed by atoms with Crippen molar-refractivity contribution < 1.29 is 14.2 Å². The molecule has 0 atom stereocenters. The summed E-state index contributed by atoms with van der Waals surface area (Å²) in [5, 5.41) is 0. The van der Waals surface area contributed by atoms with Gasteiger partial charge in [0.1, 0.15) is 34.5 Å². The van der Waals surface area contributed by atoms with Crippen molar-refractivity contribution in [2.75, 3.05) is 29.4 Å². The van der Waals surface area contributed by atoms with E-state index in [0.717, 1.165) is 164 Å². The highest BCUT2D eigenvalue weighted by Gasteiger charge is 2.54. The average Bonchev–Trinajstić information content (AvgIpc) is 0.670. The first-order valence-corrected chi connectivity index (χ1v) is 37.6. The third kappa shape index (κ3) is 8.72. The van der Waals surface area contributed by atoms with Crippen LogP contribution < -0.4 is 109 Å². The summed E-state index contributed by atoms with van der Waals surface area (Å²) in [6.07, 6.45) is 0. The molecule has 8 aliphatic heterocycles. The Kier molecular flexibility index (Phi) is 12.8. The molecule has 8 aliphatic rings. The normalized spacial score (nSPS) is 13.8. The summed E-state index contributed by atoms with van der Waals surface area (Å²) in [5.41, 5.74) is 33.3. The number of anilines is 18. The predicted octanol–water partition coefficient (Wildman–Crippen LogP) is 16.5. The van der Waals surface area contributed by atoms with Gasteiger partial charge in [-0.3, -0.25) is 0 Å². The van der Waals surface area contributed by atoms with Crippen LogP contribution in [0.25, 0.3) is 0 Å². The Morgan fingerprint density at radius 1 is 0.183 bits per heavy atom. The molecule has 9 nitrogen and oxygen atoms in total. The monoisotopic (exact) mass is 1390 g/mol. The predicted molar refractivity (Wildman–Crippen MR) is 453 cm³/mol. The summed E-state index contributed by atoms with van der Waals surface area (Å²) in [5.74, 6) is 5.00. The van der Waals surface area contributed by atoms with Gasteiger partial charge >= 0.3 is 0 Å². The molecule has 0 radical (unpaired) electrons. The molecule has 0 aromatic heterocycles. The van der Waals surface area contributed by atoms with Gasteiger partial charge in [0.05, 0.1) is 11.4 Å². The summed E-state index contributed by atoms with van der Waals surface area (Å²) in [6, 6.07) is 133. The summed E-state index contributed by atoms with van der Waals surface area (Å²) < 4.78 is 22.6. The number of hydrogen-bond acceptors (Lipinski definition) is 9. The van der Waals surface area contributed by atoms with Crippen LogP contribution in [-0.2, 0) is 0 Å². The first-order chi connectivity index (χ1) is 54.1. The van der Waals surface area contributed by atoms with Crippen LogP contribution in [0, 0.1) is 0 Å². The summed E-state index contributed by atoms with van der Waals surface area (Å²) in [4.78, 5) is 14.8. The molecule has 24 rings (SSSR count). The first-order valence-electron chi connectivity index (χ1n) is 37.6. The Morgan fingerprint density at radius 2 is 0.495 bits per heavy atom. The Bertz CT molecular complexity index is 6400. The second-order valence-corrected chi connectivity index (χ2v) is 29.3. The van der Waals surface area contributed by atoms with Crippen LogP contribution in [0.15, 0.2) is 364 Å². The molecule has 16 aromatic carbocycles. The zero-order chi connectivity index (χ0) is 71.1. The fourth-order valence-corrected chi connectivity index (χ4v) is 19.4. The van der Waals surface area contributed by atoms with Crippen LogP contribution in [0.4, 0.5) is 102 Å². The number of ether oxygens (including phenoxy) is 3. The van der Waals surface area contributed by atoms with Gasteiger partial charge in [-0.1, -0.05) is 212 Å². The van der Waals surface area contributed by atoms with Crippen LogP contribution in [0.3, 0.4) is 0 Å². The van der Waals surface area contributed by atoms with Gasteiger partial charge in [0.2, 0.25) is 0 Å². The average molecular weight is 1390 g/mol. The number of benzene rings is 16. The van der Waals surface area contributed by atoms with Crippen molar-refractivity contribution in [1.29, 1.82) is 0 Å². The molecule has 8 heterocycles. The third-order valence-electron chi connectivity index (χ3n) is 23.6. The number of rotatable bonds is 9. The lowest BCUT2D eigenvalue weighted by molar-refractivity contribution is 0.487. The quantitative estimate of drug-likeness (QED) is 0.132. The highest BCUT2D eigenvalue weighted by atomic mass is 16.5. The summed E-state index contributed by atoms with van der Waals surface area (Å²) >= 11 is 0. The lowest BCUT2D eigenvalue weighted by Crippen LogP contribution is -2.69. The molecule has 0 N–H and O–H groups in total. The molecule has 0 fully saturated rings. The van der Waals surface area contributed by atoms with Crippen molar-refractivity contribution in [2.24, 2.45) is 0 Å². The molecule has 0 bridgehead atoms. The Hall–Kier alpha value is -14.0. The molecule has 0 saturated heterocycles. The molecule has 0 saturated carbocycles. The van der Waals surface area contributed by atoms with Gasteiger partial charge in [-0.05, 0) is 193 Å². The van der Waals surface area contributed by atoms with E-state index in [9.17, 15) is 0 Å². The molecule has 0 amide bonds. The van der Waals surface area contributed by atoms with Crippen LogP contribution >= 0.6 is 0 Å². The third-order valence-corrected chi connectivity index (χ3v) is 23.6. The highest BCUT2D eigenvalue weighted by Crippen LogP contribution is 2.53. The largest absolute Gasteiger partial charge is 0.458 e. The highest BCUT2D eigenvalue weighted by molar-refractivity contribution is 7.06. The van der Waals surface area contributed by atoms with Gasteiger partial charge in [0, 0.05) is 115 Å². The minimum atomic E-state index is -0.232. The van der Waals surface area contributed by atoms with E-state index in [4.69, 9.17) is 14.2 Å². The van der Waals surface area contributed by atoms with Crippen LogP contribution in [0.5, 0.6) is 34.5 Å². The summed E-state index contributed by atoms with van der Waals surface area (Å²) in [6.45, 7) is -0.854. The topological polar surface area (TPSA) is 47.1 Å². The summed E-state index contributed by atoms with van der Waals surface area (Å²) in [7, 11) is 0. The molecule has 13 heteroatoms. The van der Waals surface area contributed by atoms with E-state index in [1.165, 1.54) is 38.5 Å². The number of fused-ring (bicyclic) bond motifs is 18. The van der Waals surface area contributed by atoms with Crippen LogP contribution in [0.1, 0.15) is 0 Å². The Labute approximate surface area is 632 Å². The van der Waals surface area contributed by atoms with E-state index < -0.39 is 0 Å². The van der Waals surface area contributed by atoms with E-state index in [1.54, 1.807) is 0 Å². The van der Waals surface area contributed by atoms with E-state index >= 15 is 0 Å². The molecular weight excluding hydrogens is 1330 g/mol. The second-order valence-electron chi connectivity index (χ2n) is 29.3. The molecular formula is C96H60B4N6O3. The Morgan fingerprint density at radius 3 is 0.927 bits per heavy atom. The van der Waals surface area contributed by atoms with E-state index in [-0.39, 0.29) is 26.9 Å². The number of para-hydroxylation sites is 11. The van der Waals surface area contributed by atoms with Crippen molar-refractivity contribution in [2.45, 2.75) is 0 Å². The fourth-order valence-electron chi connectivity index (χ4n) is 19.4. The zero-order valence-electron chi connectivity index (χ0n) is 58.9. The second kappa shape index (κ2) is 23.2. The Balaban J connectivity index is 0.754. The van der Waals surface area contributed by atoms with Crippen LogP contribution in [-0.4, -0.2) is 26.9 Å². The lowest BCUT2D eigenvalue weighted by Gasteiger charge is -2.50. The van der Waals surface area contributed by atoms with E-state index in [0.29, 0.717) is 0 Å². The van der Waals surface area contributed by atoms with E-state index in [2.05, 4.69) is 393 Å². The van der Waals surface area contributed by atoms with Gasteiger partial charge in [0.15, 0.2) is 0 Å². The zero-order valence-corrected chi connectivity index (χ0v) is 58.9. The van der Waals surface area contributed by atoms with Crippen molar-refractivity contribution in [3.8, 4) is 34.5 Å².